The molecule has 1 fully saturated rings. The van der Waals surface area contributed by atoms with Crippen LogP contribution in [0.4, 0.5) is 4.79 Å². The molecule has 0 spiro atoms. The Morgan fingerprint density at radius 2 is 2.08 bits per heavy atom. The molecule has 0 radical (unpaired) electrons. The Morgan fingerprint density at radius 1 is 1.28 bits per heavy atom. The van der Waals surface area contributed by atoms with E-state index in [4.69, 9.17) is 0 Å². The zero-order valence-corrected chi connectivity index (χ0v) is 15.5. The molecular weight excluding hydrogens is 334 g/mol. The first kappa shape index (κ1) is 17.5. The Labute approximate surface area is 151 Å². The second kappa shape index (κ2) is 7.27. The third-order valence-electron chi connectivity index (χ3n) is 4.27. The number of aryl methyl sites for hydroxylation is 1. The highest BCUT2D eigenvalue weighted by atomic mass is 32.2. The number of nitrogens with zero attached hydrogens (tertiary/aromatic N) is 3. The van der Waals surface area contributed by atoms with Crippen LogP contribution in [0.3, 0.4) is 0 Å². The number of carbonyl (C=O) groups excluding carboxylic acids is 2. The second-order valence-electron chi connectivity index (χ2n) is 6.06. The molecule has 0 saturated carbocycles. The fraction of sp³-hybridized carbons (Fsp3) is 0.316. The van der Waals surface area contributed by atoms with Gasteiger partial charge in [-0.05, 0) is 61.9 Å². The molecule has 3 heterocycles. The number of imide groups is 1. The van der Waals surface area contributed by atoms with Gasteiger partial charge in [0.2, 0.25) is 0 Å². The fourth-order valence-corrected chi connectivity index (χ4v) is 3.82. The van der Waals surface area contributed by atoms with Crippen LogP contribution in [0.25, 0.3) is 11.8 Å². The van der Waals surface area contributed by atoms with Crippen molar-refractivity contribution < 1.29 is 9.59 Å². The number of carbonyl (C=O) groups is 2. The molecule has 2 aromatic heterocycles. The summed E-state index contributed by atoms with van der Waals surface area (Å²) in [6.45, 7) is 6.56. The number of hydrogen-bond donors (Lipinski definition) is 0. The van der Waals surface area contributed by atoms with Crippen LogP contribution in [-0.2, 0) is 4.79 Å². The summed E-state index contributed by atoms with van der Waals surface area (Å²) in [5, 5.41) is -0.175. The van der Waals surface area contributed by atoms with Crippen molar-refractivity contribution in [3.8, 4) is 5.69 Å². The molecule has 0 atom stereocenters. The Bertz CT molecular complexity index is 840. The number of amides is 2. The van der Waals surface area contributed by atoms with Crippen LogP contribution in [0.5, 0.6) is 0 Å². The van der Waals surface area contributed by atoms with E-state index in [0.717, 1.165) is 47.2 Å². The minimum Gasteiger partial charge on any atom is -0.316 e. The van der Waals surface area contributed by atoms with E-state index in [2.05, 4.69) is 9.55 Å². The molecule has 3 rings (SSSR count). The quantitative estimate of drug-likeness (QED) is 0.749. The predicted octanol–water partition coefficient (Wildman–Crippen LogP) is 4.33. The van der Waals surface area contributed by atoms with E-state index < -0.39 is 0 Å². The molecule has 1 aliphatic heterocycles. The number of pyridine rings is 1. The lowest BCUT2D eigenvalue weighted by Gasteiger charge is -2.10. The lowest BCUT2D eigenvalue weighted by Crippen LogP contribution is -2.29. The van der Waals surface area contributed by atoms with Crippen molar-refractivity contribution in [3.05, 3.63) is 52.4 Å². The molecule has 6 heteroatoms. The third kappa shape index (κ3) is 3.39. The minimum atomic E-state index is -0.186. The van der Waals surface area contributed by atoms with Crippen molar-refractivity contribution in [2.24, 2.45) is 0 Å². The van der Waals surface area contributed by atoms with Gasteiger partial charge in [0, 0.05) is 24.1 Å². The van der Waals surface area contributed by atoms with E-state index >= 15 is 0 Å². The zero-order chi connectivity index (χ0) is 18.0. The summed E-state index contributed by atoms with van der Waals surface area (Å²) in [4.78, 5) is 30.6. The molecule has 0 bridgehead atoms. The monoisotopic (exact) mass is 355 g/mol. The summed E-state index contributed by atoms with van der Waals surface area (Å²) in [5.74, 6) is -0.186. The smallest absolute Gasteiger partial charge is 0.293 e. The number of hydrogen-bond acceptors (Lipinski definition) is 4. The van der Waals surface area contributed by atoms with Crippen LogP contribution in [0, 0.1) is 13.8 Å². The van der Waals surface area contributed by atoms with Crippen LogP contribution in [0.2, 0.25) is 0 Å². The van der Waals surface area contributed by atoms with Crippen LogP contribution in [0.1, 0.15) is 36.7 Å². The molecule has 0 N–H and O–H groups in total. The van der Waals surface area contributed by atoms with E-state index in [9.17, 15) is 9.59 Å². The molecule has 0 aromatic carbocycles. The molecule has 0 unspecified atom stereocenters. The average Bonchev–Trinajstić information content (AvgIpc) is 3.03. The maximum atomic E-state index is 12.5. The Hall–Kier alpha value is -2.34. The first-order chi connectivity index (χ1) is 12.0. The number of unbranched alkanes of at least 4 members (excludes halogenated alkanes) is 1. The van der Waals surface area contributed by atoms with Gasteiger partial charge in [-0.1, -0.05) is 13.3 Å². The first-order valence-corrected chi connectivity index (χ1v) is 9.19. The van der Waals surface area contributed by atoms with Gasteiger partial charge in [0.25, 0.3) is 11.1 Å². The second-order valence-corrected chi connectivity index (χ2v) is 7.05. The normalized spacial score (nSPS) is 16.3. The Balaban J connectivity index is 1.93. The van der Waals surface area contributed by atoms with Crippen molar-refractivity contribution in [2.75, 3.05) is 6.54 Å². The summed E-state index contributed by atoms with van der Waals surface area (Å²) in [6, 6.07) is 5.92. The highest BCUT2D eigenvalue weighted by Gasteiger charge is 2.34. The first-order valence-electron chi connectivity index (χ1n) is 8.37. The lowest BCUT2D eigenvalue weighted by atomic mass is 10.2. The highest BCUT2D eigenvalue weighted by molar-refractivity contribution is 8.18. The maximum absolute atomic E-state index is 12.5. The van der Waals surface area contributed by atoms with E-state index in [1.807, 2.05) is 51.2 Å². The summed E-state index contributed by atoms with van der Waals surface area (Å²) >= 11 is 1.02. The van der Waals surface area contributed by atoms with Crippen molar-refractivity contribution in [1.82, 2.24) is 14.5 Å². The number of rotatable bonds is 5. The topological polar surface area (TPSA) is 55.2 Å². The average molecular weight is 355 g/mol. The zero-order valence-electron chi connectivity index (χ0n) is 14.7. The molecule has 5 nitrogen and oxygen atoms in total. The molecule has 130 valence electrons. The van der Waals surface area contributed by atoms with Crippen LogP contribution in [-0.4, -0.2) is 32.1 Å². The summed E-state index contributed by atoms with van der Waals surface area (Å²) < 4.78 is 2.10. The van der Waals surface area contributed by atoms with E-state index in [0.29, 0.717) is 11.4 Å². The number of aromatic nitrogens is 2. The van der Waals surface area contributed by atoms with Crippen LogP contribution in [0.15, 0.2) is 35.5 Å². The van der Waals surface area contributed by atoms with Gasteiger partial charge in [-0.25, -0.2) is 0 Å². The van der Waals surface area contributed by atoms with Gasteiger partial charge in [-0.2, -0.15) is 0 Å². The van der Waals surface area contributed by atoms with Gasteiger partial charge in [-0.15, -0.1) is 0 Å². The molecule has 1 aliphatic rings. The largest absolute Gasteiger partial charge is 0.316 e. The summed E-state index contributed by atoms with van der Waals surface area (Å²) in [5.41, 5.74) is 4.00. The van der Waals surface area contributed by atoms with Gasteiger partial charge >= 0.3 is 0 Å². The standard InChI is InChI=1S/C19H21N3O2S/c1-4-5-9-21-18(23)17(25-19(21)24)11-15-10-13(2)22(14(15)3)16-7-6-8-20-12-16/h6-8,10-12H,4-5,9H2,1-3H3. The SMILES string of the molecule is CCCCN1C(=O)SC(=Cc2cc(C)n(-c3cccnc3)c2C)C1=O. The third-order valence-corrected chi connectivity index (χ3v) is 5.18. The van der Waals surface area contributed by atoms with Crippen molar-refractivity contribution in [1.29, 1.82) is 0 Å². The van der Waals surface area contributed by atoms with Gasteiger partial charge in [0.1, 0.15) is 0 Å². The predicted molar refractivity (Wildman–Crippen MR) is 101 cm³/mol. The van der Waals surface area contributed by atoms with Crippen LogP contribution >= 0.6 is 11.8 Å². The van der Waals surface area contributed by atoms with Crippen molar-refractivity contribution in [2.45, 2.75) is 33.6 Å². The summed E-state index contributed by atoms with van der Waals surface area (Å²) in [7, 11) is 0. The molecule has 1 saturated heterocycles. The van der Waals surface area contributed by atoms with Gasteiger partial charge < -0.3 is 4.57 Å². The Morgan fingerprint density at radius 3 is 2.76 bits per heavy atom. The van der Waals surface area contributed by atoms with Gasteiger partial charge in [-0.3, -0.25) is 19.5 Å². The van der Waals surface area contributed by atoms with Crippen LogP contribution < -0.4 is 0 Å². The van der Waals surface area contributed by atoms with Crippen molar-refractivity contribution >= 4 is 29.0 Å². The van der Waals surface area contributed by atoms with E-state index in [1.54, 1.807) is 6.20 Å². The fourth-order valence-electron chi connectivity index (χ4n) is 2.97. The van der Waals surface area contributed by atoms with Crippen molar-refractivity contribution in [3.63, 3.8) is 0 Å². The van der Waals surface area contributed by atoms with E-state index in [1.165, 1.54) is 4.90 Å². The molecule has 2 amide bonds. The number of thioether (sulfide) groups is 1. The lowest BCUT2D eigenvalue weighted by molar-refractivity contribution is -0.122. The Kier molecular flexibility index (Phi) is 5.08. The molecule has 0 aliphatic carbocycles. The molecular formula is C19H21N3O2S. The highest BCUT2D eigenvalue weighted by Crippen LogP contribution is 2.33. The minimum absolute atomic E-state index is 0.175. The van der Waals surface area contributed by atoms with Gasteiger partial charge in [0.05, 0.1) is 16.8 Å². The molecule has 25 heavy (non-hydrogen) atoms. The van der Waals surface area contributed by atoms with Gasteiger partial charge in [0.15, 0.2) is 0 Å². The molecule has 2 aromatic rings. The summed E-state index contributed by atoms with van der Waals surface area (Å²) in [6.07, 6.45) is 7.16. The van der Waals surface area contributed by atoms with E-state index in [-0.39, 0.29) is 11.1 Å². The maximum Gasteiger partial charge on any atom is 0.293 e.